The van der Waals surface area contributed by atoms with Crippen LogP contribution < -0.4 is 16.8 Å². The molecule has 0 saturated carbocycles. The SMILES string of the molecule is CCCCCCCCCCCCCCOC(=O)OCCC[C@H](CSC[C@H](N)C(=O)N[C@@H](CO)C(=O)CCCOCCOCCOCCOCCOCCOCCOCCOCCOCCOCCOCCOCCC(=O)CCC(N)=O)OC(=O)CCCCCCCCCCCCCC. The molecule has 98 heavy (non-hydrogen) atoms. The summed E-state index contributed by atoms with van der Waals surface area (Å²) in [6.07, 6.45) is 30.0. The first-order valence-corrected chi connectivity index (χ1v) is 38.7. The van der Waals surface area contributed by atoms with Gasteiger partial charge in [-0.05, 0) is 32.1 Å². The number of nitrogens with two attached hydrogens (primary N) is 2. The summed E-state index contributed by atoms with van der Waals surface area (Å²) in [6.45, 7) is 14.2. The van der Waals surface area contributed by atoms with Crippen molar-refractivity contribution in [3.63, 3.8) is 0 Å². The maximum Gasteiger partial charge on any atom is 0.508 e. The van der Waals surface area contributed by atoms with E-state index >= 15 is 0 Å². The molecule has 3 atom stereocenters. The standard InChI is InChI=1S/C72H137N3O22S/c1-3-5-7-9-11-13-15-17-19-21-23-25-31-70(80)97-65(29-27-37-96-72(82)95-36-26-24-22-20-18-16-14-12-10-8-6-4-2)62-98-63-66(73)71(81)75-67(61-76)68(78)30-28-35-83-39-41-85-43-45-87-47-49-89-51-53-91-55-57-93-59-60-94-58-56-92-54-52-90-50-48-88-46-44-86-42-40-84-38-34-64(77)32-33-69(74)79/h65-67,76H,3-63,73H2,1-2H3,(H2,74,79)(H,75,81)/t65-,66+,67+/m1/s1. The molecule has 0 fully saturated rings. The van der Waals surface area contributed by atoms with Gasteiger partial charge in [-0.15, -0.1) is 0 Å². The second kappa shape index (κ2) is 78.0. The van der Waals surface area contributed by atoms with Crippen molar-refractivity contribution in [2.45, 2.75) is 238 Å². The van der Waals surface area contributed by atoms with E-state index in [9.17, 15) is 33.9 Å². The van der Waals surface area contributed by atoms with Crippen LogP contribution in [0.1, 0.15) is 219 Å². The van der Waals surface area contributed by atoms with Crippen LogP contribution in [0.5, 0.6) is 0 Å². The molecule has 0 saturated heterocycles. The Labute approximate surface area is 593 Å². The molecule has 0 unspecified atom stereocenters. The molecule has 578 valence electrons. The summed E-state index contributed by atoms with van der Waals surface area (Å²) in [5.74, 6) is -1.15. The van der Waals surface area contributed by atoms with Gasteiger partial charge >= 0.3 is 12.1 Å². The lowest BCUT2D eigenvalue weighted by Crippen LogP contribution is -2.50. The van der Waals surface area contributed by atoms with Gasteiger partial charge in [-0.2, -0.15) is 11.8 Å². The molecule has 26 heteroatoms. The van der Waals surface area contributed by atoms with Crippen molar-refractivity contribution in [3.05, 3.63) is 0 Å². The molecule has 25 nitrogen and oxygen atoms in total. The molecule has 2 amide bonds. The molecule has 0 aromatic heterocycles. The first-order valence-electron chi connectivity index (χ1n) is 37.5. The molecular formula is C72H137N3O22S. The van der Waals surface area contributed by atoms with E-state index in [-0.39, 0.29) is 62.2 Å². The monoisotopic (exact) mass is 1430 g/mol. The van der Waals surface area contributed by atoms with E-state index in [0.717, 1.165) is 38.5 Å². The van der Waals surface area contributed by atoms with Gasteiger partial charge in [0.25, 0.3) is 0 Å². The fourth-order valence-electron chi connectivity index (χ4n) is 9.66. The number of aliphatic hydroxyl groups is 1. The van der Waals surface area contributed by atoms with E-state index in [1.165, 1.54) is 127 Å². The summed E-state index contributed by atoms with van der Waals surface area (Å²) < 4.78 is 82.6. The van der Waals surface area contributed by atoms with Gasteiger partial charge in [0.05, 0.1) is 178 Å². The predicted octanol–water partition coefficient (Wildman–Crippen LogP) is 9.93. The number of carbonyl (C=O) groups excluding carboxylic acids is 6. The molecule has 0 aromatic carbocycles. The van der Waals surface area contributed by atoms with Crippen molar-refractivity contribution in [2.75, 3.05) is 190 Å². The van der Waals surface area contributed by atoms with Gasteiger partial charge in [-0.1, -0.05) is 155 Å². The molecule has 0 heterocycles. The van der Waals surface area contributed by atoms with Crippen molar-refractivity contribution in [3.8, 4) is 0 Å². The number of thioether (sulfide) groups is 1. The minimum absolute atomic E-state index is 0.0492. The highest BCUT2D eigenvalue weighted by Gasteiger charge is 2.24. The molecule has 0 aliphatic carbocycles. The van der Waals surface area contributed by atoms with Gasteiger partial charge in [-0.3, -0.25) is 24.0 Å². The lowest BCUT2D eigenvalue weighted by Gasteiger charge is -2.20. The third-order valence-electron chi connectivity index (χ3n) is 15.4. The Morgan fingerprint density at radius 3 is 1.09 bits per heavy atom. The highest BCUT2D eigenvalue weighted by Crippen LogP contribution is 2.17. The Morgan fingerprint density at radius 2 is 0.714 bits per heavy atom. The average molecular weight is 1430 g/mol. The second-order valence-electron chi connectivity index (χ2n) is 24.3. The van der Waals surface area contributed by atoms with E-state index in [2.05, 4.69) is 19.2 Å². The number of Topliss-reactive ketones (excluding diaryl/α,β-unsaturated/α-hetero) is 2. The Hall–Kier alpha value is -3.19. The second-order valence-corrected chi connectivity index (χ2v) is 25.4. The molecule has 6 N–H and O–H groups in total. The van der Waals surface area contributed by atoms with Crippen LogP contribution in [0.15, 0.2) is 0 Å². The molecule has 0 rings (SSSR count). The van der Waals surface area contributed by atoms with Crippen LogP contribution in [0, 0.1) is 0 Å². The van der Waals surface area contributed by atoms with Crippen LogP contribution in [0.4, 0.5) is 4.79 Å². The molecule has 0 spiro atoms. The van der Waals surface area contributed by atoms with Gasteiger partial charge < -0.3 is 92.9 Å². The third-order valence-corrected chi connectivity index (χ3v) is 16.6. The number of unbranched alkanes of at least 4 members (excludes halogenated alkanes) is 22. The number of esters is 1. The number of ketones is 2. The maximum absolute atomic E-state index is 13.1. The number of hydrogen-bond donors (Lipinski definition) is 4. The predicted molar refractivity (Wildman–Crippen MR) is 380 cm³/mol. The van der Waals surface area contributed by atoms with Crippen molar-refractivity contribution in [2.24, 2.45) is 11.5 Å². The largest absolute Gasteiger partial charge is 0.508 e. The van der Waals surface area contributed by atoms with E-state index in [1.54, 1.807) is 0 Å². The van der Waals surface area contributed by atoms with Crippen molar-refractivity contribution in [1.29, 1.82) is 0 Å². The number of primary amides is 1. The zero-order chi connectivity index (χ0) is 71.4. The van der Waals surface area contributed by atoms with Crippen molar-refractivity contribution < 1.29 is 105 Å². The Bertz CT molecular complexity index is 1790. The van der Waals surface area contributed by atoms with Gasteiger partial charge in [0.1, 0.15) is 17.9 Å². The lowest BCUT2D eigenvalue weighted by molar-refractivity contribution is -0.148. The van der Waals surface area contributed by atoms with Gasteiger partial charge in [0, 0.05) is 50.2 Å². The van der Waals surface area contributed by atoms with Gasteiger partial charge in [-0.25, -0.2) is 4.79 Å². The third kappa shape index (κ3) is 72.6. The quantitative estimate of drug-likeness (QED) is 0.0325. The van der Waals surface area contributed by atoms with Crippen LogP contribution in [-0.4, -0.2) is 249 Å². The molecule has 0 radical (unpaired) electrons. The Kier molecular flexibility index (Phi) is 75.4. The summed E-state index contributed by atoms with van der Waals surface area (Å²) in [7, 11) is 0. The summed E-state index contributed by atoms with van der Waals surface area (Å²) in [6, 6.07) is -2.09. The van der Waals surface area contributed by atoms with Crippen LogP contribution in [-0.2, 0) is 95.0 Å². The number of amides is 2. The first-order chi connectivity index (χ1) is 48.0. The average Bonchev–Trinajstić information content (AvgIpc) is 1.11. The summed E-state index contributed by atoms with van der Waals surface area (Å²) in [5, 5.41) is 12.6. The zero-order valence-electron chi connectivity index (χ0n) is 60.9. The molecule has 0 aliphatic heterocycles. The van der Waals surface area contributed by atoms with Crippen LogP contribution in [0.3, 0.4) is 0 Å². The van der Waals surface area contributed by atoms with E-state index in [4.69, 9.17) is 82.5 Å². The normalized spacial score (nSPS) is 12.4. The fourth-order valence-corrected chi connectivity index (χ4v) is 10.7. The number of nitrogens with one attached hydrogen (secondary N) is 1. The first kappa shape index (κ1) is 94.8. The van der Waals surface area contributed by atoms with E-state index in [0.29, 0.717) is 190 Å². The lowest BCUT2D eigenvalue weighted by atomic mass is 10.0. The van der Waals surface area contributed by atoms with Crippen LogP contribution >= 0.6 is 11.8 Å². The summed E-state index contributed by atoms with van der Waals surface area (Å²) in [4.78, 5) is 73.5. The van der Waals surface area contributed by atoms with Gasteiger partial charge in [0.2, 0.25) is 11.8 Å². The summed E-state index contributed by atoms with van der Waals surface area (Å²) >= 11 is 1.36. The molecule has 0 aromatic rings. The highest BCUT2D eigenvalue weighted by atomic mass is 32.2. The zero-order valence-corrected chi connectivity index (χ0v) is 61.8. The van der Waals surface area contributed by atoms with Crippen LogP contribution in [0.25, 0.3) is 0 Å². The highest BCUT2D eigenvalue weighted by molar-refractivity contribution is 7.99. The van der Waals surface area contributed by atoms with E-state index < -0.39 is 42.8 Å². The minimum atomic E-state index is -1.10. The fraction of sp³-hybridized carbons (Fsp3) is 0.917. The number of ether oxygens (including phenoxy) is 15. The Morgan fingerprint density at radius 1 is 0.367 bits per heavy atom. The maximum atomic E-state index is 13.1. The number of hydrogen-bond acceptors (Lipinski definition) is 24. The molecular weight excluding hydrogens is 1290 g/mol. The minimum Gasteiger partial charge on any atom is -0.461 e. The number of aliphatic hydroxyl groups excluding tert-OH is 1. The van der Waals surface area contributed by atoms with Gasteiger partial charge in [0.15, 0.2) is 5.78 Å². The molecule has 0 bridgehead atoms. The smallest absolute Gasteiger partial charge is 0.461 e. The van der Waals surface area contributed by atoms with Crippen molar-refractivity contribution >= 4 is 47.3 Å². The molecule has 0 aliphatic rings. The number of rotatable bonds is 82. The summed E-state index contributed by atoms with van der Waals surface area (Å²) in [5.41, 5.74) is 11.3. The number of carbonyl (C=O) groups is 6. The Balaban J connectivity index is 4.04. The topological polar surface area (TPSA) is 325 Å². The van der Waals surface area contributed by atoms with Crippen LogP contribution in [0.2, 0.25) is 0 Å². The van der Waals surface area contributed by atoms with Crippen molar-refractivity contribution in [1.82, 2.24) is 5.32 Å². The van der Waals surface area contributed by atoms with E-state index in [1.807, 2.05) is 0 Å².